The van der Waals surface area contributed by atoms with Crippen molar-refractivity contribution in [3.05, 3.63) is 41.7 Å². The maximum Gasteiger partial charge on any atom is 0.129 e. The molecule has 1 aromatic rings. The summed E-state index contributed by atoms with van der Waals surface area (Å²) in [5.41, 5.74) is 1.17. The van der Waals surface area contributed by atoms with Crippen molar-refractivity contribution in [2.24, 2.45) is 0 Å². The summed E-state index contributed by atoms with van der Waals surface area (Å²) in [6, 6.07) is 4.37. The fourth-order valence-electron chi connectivity index (χ4n) is 1.54. The maximum atomic E-state index is 5.73. The minimum Gasteiger partial charge on any atom is -0.310 e. The third-order valence-corrected chi connectivity index (χ3v) is 2.82. The molecule has 0 amide bonds. The Balaban J connectivity index is 2.36. The van der Waals surface area contributed by atoms with E-state index in [-0.39, 0.29) is 0 Å². The Morgan fingerprint density at radius 3 is 2.94 bits per heavy atom. The summed E-state index contributed by atoms with van der Waals surface area (Å²) in [4.78, 5) is 4.05. The molecule has 0 aromatic carbocycles. The summed E-state index contributed by atoms with van der Waals surface area (Å²) >= 11 is 5.73. The van der Waals surface area contributed by atoms with Crippen LogP contribution in [0.1, 0.15) is 31.7 Å². The third-order valence-electron chi connectivity index (χ3n) is 2.60. The predicted octanol–water partition coefficient (Wildman–Crippen LogP) is 3.57. The van der Waals surface area contributed by atoms with Crippen LogP contribution in [0.25, 0.3) is 0 Å². The third kappa shape index (κ3) is 4.77. The number of hydrogen-bond acceptors (Lipinski definition) is 2. The normalized spacial score (nSPS) is 12.4. The van der Waals surface area contributed by atoms with Gasteiger partial charge in [-0.3, -0.25) is 0 Å². The average molecular weight is 239 g/mol. The first-order valence-electron chi connectivity index (χ1n) is 5.71. The van der Waals surface area contributed by atoms with Crippen LogP contribution in [0.15, 0.2) is 31.0 Å². The number of nitrogens with one attached hydrogen (secondary N) is 1. The van der Waals surface area contributed by atoms with Crippen molar-refractivity contribution >= 4 is 11.6 Å². The first-order chi connectivity index (χ1) is 7.76. The topological polar surface area (TPSA) is 24.9 Å². The van der Waals surface area contributed by atoms with Gasteiger partial charge in [-0.15, -0.1) is 6.58 Å². The van der Waals surface area contributed by atoms with E-state index in [1.807, 2.05) is 24.4 Å². The molecule has 0 saturated heterocycles. The summed E-state index contributed by atoms with van der Waals surface area (Å²) in [5.74, 6) is 0. The Morgan fingerprint density at radius 2 is 2.38 bits per heavy atom. The van der Waals surface area contributed by atoms with E-state index < -0.39 is 0 Å². The van der Waals surface area contributed by atoms with Gasteiger partial charge in [0.05, 0.1) is 0 Å². The number of nitrogens with zero attached hydrogens (tertiary/aromatic N) is 1. The molecule has 0 bridgehead atoms. The lowest BCUT2D eigenvalue weighted by Crippen LogP contribution is -2.27. The molecule has 0 fully saturated rings. The minimum atomic E-state index is 0.544. The Bertz CT molecular complexity index is 308. The molecule has 0 aliphatic carbocycles. The van der Waals surface area contributed by atoms with Crippen LogP contribution in [0.5, 0.6) is 0 Å². The van der Waals surface area contributed by atoms with E-state index in [9.17, 15) is 0 Å². The number of aromatic nitrogens is 1. The van der Waals surface area contributed by atoms with E-state index >= 15 is 0 Å². The zero-order valence-electron chi connectivity index (χ0n) is 9.75. The van der Waals surface area contributed by atoms with Gasteiger partial charge in [-0.25, -0.2) is 4.98 Å². The SMILES string of the molecule is C=CCCC(CC)NCc1ccc(Cl)nc1. The number of allylic oxidation sites excluding steroid dienone is 1. The molecule has 16 heavy (non-hydrogen) atoms. The second-order valence-electron chi connectivity index (χ2n) is 3.84. The summed E-state index contributed by atoms with van der Waals surface area (Å²) in [6.45, 7) is 6.78. The fraction of sp³-hybridized carbons (Fsp3) is 0.462. The first kappa shape index (κ1) is 13.2. The summed E-state index contributed by atoms with van der Waals surface area (Å²) < 4.78 is 0. The van der Waals surface area contributed by atoms with Crippen LogP contribution >= 0.6 is 11.6 Å². The molecular formula is C13H19ClN2. The van der Waals surface area contributed by atoms with E-state index in [0.717, 1.165) is 25.8 Å². The van der Waals surface area contributed by atoms with Gasteiger partial charge >= 0.3 is 0 Å². The summed E-state index contributed by atoms with van der Waals surface area (Å²) in [7, 11) is 0. The Labute approximate surface area is 103 Å². The van der Waals surface area contributed by atoms with Gasteiger partial charge in [-0.2, -0.15) is 0 Å². The highest BCUT2D eigenvalue weighted by molar-refractivity contribution is 6.29. The summed E-state index contributed by atoms with van der Waals surface area (Å²) in [6.07, 6.45) is 7.12. The lowest BCUT2D eigenvalue weighted by Gasteiger charge is -2.15. The van der Waals surface area contributed by atoms with Gasteiger partial charge in [0.2, 0.25) is 0 Å². The monoisotopic (exact) mass is 238 g/mol. The number of hydrogen-bond donors (Lipinski definition) is 1. The molecule has 0 aliphatic heterocycles. The van der Waals surface area contributed by atoms with E-state index in [1.165, 1.54) is 5.56 Å². The van der Waals surface area contributed by atoms with Gasteiger partial charge in [-0.05, 0) is 30.9 Å². The van der Waals surface area contributed by atoms with Gasteiger partial charge in [0, 0.05) is 18.8 Å². The van der Waals surface area contributed by atoms with Crippen LogP contribution in [-0.2, 0) is 6.54 Å². The molecule has 2 nitrogen and oxygen atoms in total. The molecule has 88 valence electrons. The van der Waals surface area contributed by atoms with Crippen molar-refractivity contribution < 1.29 is 0 Å². The molecule has 0 saturated carbocycles. The van der Waals surface area contributed by atoms with Crippen LogP contribution in [0, 0.1) is 0 Å². The van der Waals surface area contributed by atoms with Crippen LogP contribution < -0.4 is 5.32 Å². The standard InChI is InChI=1S/C13H19ClN2/c1-3-5-6-12(4-2)15-9-11-7-8-13(14)16-10-11/h3,7-8,10,12,15H,1,4-6,9H2,2H3. The highest BCUT2D eigenvalue weighted by atomic mass is 35.5. The van der Waals surface area contributed by atoms with Gasteiger partial charge < -0.3 is 5.32 Å². The van der Waals surface area contributed by atoms with Crippen molar-refractivity contribution in [2.75, 3.05) is 0 Å². The van der Waals surface area contributed by atoms with Crippen LogP contribution in [0.2, 0.25) is 5.15 Å². The largest absolute Gasteiger partial charge is 0.310 e. The molecule has 0 spiro atoms. The lowest BCUT2D eigenvalue weighted by atomic mass is 10.1. The first-order valence-corrected chi connectivity index (χ1v) is 6.08. The van der Waals surface area contributed by atoms with Crippen LogP contribution in [0.4, 0.5) is 0 Å². The van der Waals surface area contributed by atoms with Crippen molar-refractivity contribution in [2.45, 2.75) is 38.8 Å². The van der Waals surface area contributed by atoms with Gasteiger partial charge in [-0.1, -0.05) is 30.7 Å². The van der Waals surface area contributed by atoms with E-state index in [4.69, 9.17) is 11.6 Å². The minimum absolute atomic E-state index is 0.544. The molecule has 1 heterocycles. The van der Waals surface area contributed by atoms with Crippen molar-refractivity contribution in [1.29, 1.82) is 0 Å². The van der Waals surface area contributed by atoms with Crippen LogP contribution in [0.3, 0.4) is 0 Å². The molecule has 1 atom stereocenters. The zero-order chi connectivity index (χ0) is 11.8. The Morgan fingerprint density at radius 1 is 1.56 bits per heavy atom. The lowest BCUT2D eigenvalue weighted by molar-refractivity contribution is 0.470. The number of halogens is 1. The van der Waals surface area contributed by atoms with Crippen LogP contribution in [-0.4, -0.2) is 11.0 Å². The highest BCUT2D eigenvalue weighted by Gasteiger charge is 2.04. The zero-order valence-corrected chi connectivity index (χ0v) is 10.5. The second-order valence-corrected chi connectivity index (χ2v) is 4.23. The molecular weight excluding hydrogens is 220 g/mol. The second kappa shape index (κ2) is 7.42. The Hall–Kier alpha value is -0.860. The fourth-order valence-corrected chi connectivity index (χ4v) is 1.65. The molecule has 1 N–H and O–H groups in total. The molecule has 1 rings (SSSR count). The molecule has 1 unspecified atom stereocenters. The van der Waals surface area contributed by atoms with Crippen molar-refractivity contribution in [3.63, 3.8) is 0 Å². The number of rotatable bonds is 7. The van der Waals surface area contributed by atoms with E-state index in [0.29, 0.717) is 11.2 Å². The quantitative estimate of drug-likeness (QED) is 0.580. The summed E-state index contributed by atoms with van der Waals surface area (Å²) in [5, 5.41) is 4.05. The predicted molar refractivity (Wildman–Crippen MR) is 69.6 cm³/mol. The van der Waals surface area contributed by atoms with Crippen molar-refractivity contribution in [3.8, 4) is 0 Å². The van der Waals surface area contributed by atoms with Gasteiger partial charge in [0.25, 0.3) is 0 Å². The maximum absolute atomic E-state index is 5.73. The van der Waals surface area contributed by atoms with E-state index in [2.05, 4.69) is 23.8 Å². The van der Waals surface area contributed by atoms with Gasteiger partial charge in [0.1, 0.15) is 5.15 Å². The molecule has 0 radical (unpaired) electrons. The molecule has 0 aliphatic rings. The molecule has 3 heteroatoms. The highest BCUT2D eigenvalue weighted by Crippen LogP contribution is 2.07. The average Bonchev–Trinajstić information content (AvgIpc) is 2.32. The van der Waals surface area contributed by atoms with E-state index in [1.54, 1.807) is 0 Å². The smallest absolute Gasteiger partial charge is 0.129 e. The van der Waals surface area contributed by atoms with Gasteiger partial charge in [0.15, 0.2) is 0 Å². The van der Waals surface area contributed by atoms with Crippen molar-refractivity contribution in [1.82, 2.24) is 10.3 Å². The number of pyridine rings is 1. The Kier molecular flexibility index (Phi) is 6.12. The molecule has 1 aromatic heterocycles.